The normalized spacial score (nSPS) is 14.4. The Morgan fingerprint density at radius 2 is 1.52 bits per heavy atom. The standard InChI is InChI=1S/C33H28N2O8S/c1-3-41-30-20-24(11-18-29(30)43-44(39,40)27-16-9-22(2)10-17-27)19-28-31(36)34-33(38)35(32(28)37)25-12-14-26(15-13-25)42-21-23-7-5-4-6-8-23/h4-20H,3,21H2,1-2H3,(H,34,36,38)/b28-19+. The summed E-state index contributed by atoms with van der Waals surface area (Å²) in [6.07, 6.45) is 1.29. The number of carbonyl (C=O) groups is 3. The van der Waals surface area contributed by atoms with Gasteiger partial charge in [-0.05, 0) is 79.6 Å². The molecular weight excluding hydrogens is 584 g/mol. The van der Waals surface area contributed by atoms with Crippen molar-refractivity contribution >= 4 is 39.7 Å². The summed E-state index contributed by atoms with van der Waals surface area (Å²) >= 11 is 0. The van der Waals surface area contributed by atoms with Gasteiger partial charge in [0.15, 0.2) is 11.5 Å². The van der Waals surface area contributed by atoms with Gasteiger partial charge in [-0.15, -0.1) is 0 Å². The average molecular weight is 613 g/mol. The van der Waals surface area contributed by atoms with Gasteiger partial charge < -0.3 is 13.7 Å². The van der Waals surface area contributed by atoms with Gasteiger partial charge in [0.05, 0.1) is 12.3 Å². The van der Waals surface area contributed by atoms with E-state index in [0.717, 1.165) is 16.0 Å². The molecule has 0 bridgehead atoms. The number of benzene rings is 4. The molecule has 4 aromatic rings. The van der Waals surface area contributed by atoms with Crippen LogP contribution in [0.25, 0.3) is 6.08 Å². The molecule has 1 N–H and O–H groups in total. The number of hydrogen-bond donors (Lipinski definition) is 1. The number of nitrogens with zero attached hydrogens (tertiary/aromatic N) is 1. The predicted octanol–water partition coefficient (Wildman–Crippen LogP) is 5.41. The molecule has 0 spiro atoms. The summed E-state index contributed by atoms with van der Waals surface area (Å²) in [5, 5.41) is 2.19. The molecule has 224 valence electrons. The van der Waals surface area contributed by atoms with E-state index in [2.05, 4.69) is 5.32 Å². The molecule has 1 aliphatic heterocycles. The number of rotatable bonds is 10. The van der Waals surface area contributed by atoms with E-state index in [-0.39, 0.29) is 34.3 Å². The van der Waals surface area contributed by atoms with Gasteiger partial charge in [0, 0.05) is 0 Å². The van der Waals surface area contributed by atoms with Crippen molar-refractivity contribution in [3.05, 3.63) is 119 Å². The quantitative estimate of drug-likeness (QED) is 0.143. The second-order valence-corrected chi connectivity index (χ2v) is 11.3. The lowest BCUT2D eigenvalue weighted by Crippen LogP contribution is -2.54. The molecule has 1 heterocycles. The number of hydrogen-bond acceptors (Lipinski definition) is 8. The zero-order chi connectivity index (χ0) is 31.3. The van der Waals surface area contributed by atoms with Crippen LogP contribution < -0.4 is 23.9 Å². The van der Waals surface area contributed by atoms with E-state index in [9.17, 15) is 22.8 Å². The van der Waals surface area contributed by atoms with E-state index in [1.54, 1.807) is 43.3 Å². The van der Waals surface area contributed by atoms with Crippen LogP contribution in [-0.2, 0) is 26.3 Å². The molecule has 1 saturated heterocycles. The number of anilines is 1. The number of ether oxygens (including phenoxy) is 2. The first kappa shape index (κ1) is 30.1. The van der Waals surface area contributed by atoms with Crippen molar-refractivity contribution in [3.8, 4) is 17.2 Å². The largest absolute Gasteiger partial charge is 0.490 e. The molecular formula is C33H28N2O8S. The Hall–Kier alpha value is -5.42. The lowest BCUT2D eigenvalue weighted by Gasteiger charge is -2.26. The Kier molecular flexibility index (Phi) is 8.77. The van der Waals surface area contributed by atoms with Crippen molar-refractivity contribution in [2.45, 2.75) is 25.3 Å². The molecule has 0 saturated carbocycles. The number of aryl methyl sites for hydroxylation is 1. The highest BCUT2D eigenvalue weighted by molar-refractivity contribution is 7.87. The van der Waals surface area contributed by atoms with Crippen LogP contribution in [0.15, 0.2) is 108 Å². The molecule has 0 aromatic heterocycles. The van der Waals surface area contributed by atoms with Crippen molar-refractivity contribution in [2.24, 2.45) is 0 Å². The summed E-state index contributed by atoms with van der Waals surface area (Å²) < 4.78 is 42.4. The maximum atomic E-state index is 13.4. The Balaban J connectivity index is 1.37. The summed E-state index contributed by atoms with van der Waals surface area (Å²) in [5.41, 5.74) is 2.14. The van der Waals surface area contributed by atoms with Crippen LogP contribution in [0, 0.1) is 6.92 Å². The van der Waals surface area contributed by atoms with E-state index in [1.807, 2.05) is 37.3 Å². The molecule has 4 amide bonds. The Bertz CT molecular complexity index is 1840. The fraction of sp³-hybridized carbons (Fsp3) is 0.121. The molecule has 1 aliphatic rings. The molecule has 5 rings (SSSR count). The van der Waals surface area contributed by atoms with Gasteiger partial charge in [0.25, 0.3) is 11.8 Å². The highest BCUT2D eigenvalue weighted by atomic mass is 32.2. The first-order valence-electron chi connectivity index (χ1n) is 13.6. The number of barbiturate groups is 1. The molecule has 4 aromatic carbocycles. The third kappa shape index (κ3) is 6.79. The fourth-order valence-electron chi connectivity index (χ4n) is 4.31. The smallest absolute Gasteiger partial charge is 0.339 e. The summed E-state index contributed by atoms with van der Waals surface area (Å²) in [4.78, 5) is 39.6. The Morgan fingerprint density at radius 1 is 0.818 bits per heavy atom. The van der Waals surface area contributed by atoms with Crippen LogP contribution in [0.2, 0.25) is 0 Å². The second-order valence-electron chi connectivity index (χ2n) is 9.72. The van der Waals surface area contributed by atoms with Crippen LogP contribution in [0.1, 0.15) is 23.6 Å². The van der Waals surface area contributed by atoms with Crippen molar-refractivity contribution in [1.82, 2.24) is 5.32 Å². The number of imide groups is 2. The number of urea groups is 1. The summed E-state index contributed by atoms with van der Waals surface area (Å²) in [5.74, 6) is -1.17. The van der Waals surface area contributed by atoms with E-state index >= 15 is 0 Å². The minimum Gasteiger partial charge on any atom is -0.490 e. The van der Waals surface area contributed by atoms with Crippen LogP contribution >= 0.6 is 0 Å². The van der Waals surface area contributed by atoms with E-state index in [1.165, 1.54) is 36.4 Å². The van der Waals surface area contributed by atoms with E-state index in [4.69, 9.17) is 13.7 Å². The lowest BCUT2D eigenvalue weighted by molar-refractivity contribution is -0.122. The summed E-state index contributed by atoms with van der Waals surface area (Å²) in [7, 11) is -4.16. The number of amides is 4. The maximum Gasteiger partial charge on any atom is 0.339 e. The van der Waals surface area contributed by atoms with E-state index < -0.39 is 28.0 Å². The molecule has 0 aliphatic carbocycles. The minimum absolute atomic E-state index is 0.0261. The molecule has 44 heavy (non-hydrogen) atoms. The third-order valence-electron chi connectivity index (χ3n) is 6.53. The first-order chi connectivity index (χ1) is 21.1. The zero-order valence-electron chi connectivity index (χ0n) is 23.9. The first-order valence-corrected chi connectivity index (χ1v) is 15.0. The minimum atomic E-state index is -4.16. The predicted molar refractivity (Wildman–Crippen MR) is 163 cm³/mol. The highest BCUT2D eigenvalue weighted by Crippen LogP contribution is 2.33. The van der Waals surface area contributed by atoms with Gasteiger partial charge in [-0.25, -0.2) is 9.69 Å². The van der Waals surface area contributed by atoms with Crippen molar-refractivity contribution in [1.29, 1.82) is 0 Å². The maximum absolute atomic E-state index is 13.4. The van der Waals surface area contributed by atoms with Crippen LogP contribution in [0.4, 0.5) is 10.5 Å². The van der Waals surface area contributed by atoms with Crippen LogP contribution in [0.3, 0.4) is 0 Å². The number of carbonyl (C=O) groups excluding carboxylic acids is 3. The van der Waals surface area contributed by atoms with Gasteiger partial charge >= 0.3 is 16.1 Å². The van der Waals surface area contributed by atoms with Crippen LogP contribution in [-0.4, -0.2) is 32.9 Å². The molecule has 0 atom stereocenters. The molecule has 0 radical (unpaired) electrons. The van der Waals surface area contributed by atoms with Gasteiger partial charge in [-0.3, -0.25) is 14.9 Å². The SMILES string of the molecule is CCOc1cc(/C=C2\C(=O)NC(=O)N(c3ccc(OCc4ccccc4)cc3)C2=O)ccc1OS(=O)(=O)c1ccc(C)cc1. The molecule has 11 heteroatoms. The topological polar surface area (TPSA) is 128 Å². The van der Waals surface area contributed by atoms with E-state index in [0.29, 0.717) is 17.9 Å². The third-order valence-corrected chi connectivity index (χ3v) is 7.78. The molecule has 10 nitrogen and oxygen atoms in total. The Morgan fingerprint density at radius 3 is 2.20 bits per heavy atom. The highest BCUT2D eigenvalue weighted by Gasteiger charge is 2.37. The number of nitrogens with one attached hydrogen (secondary N) is 1. The van der Waals surface area contributed by atoms with Crippen LogP contribution in [0.5, 0.6) is 17.2 Å². The monoisotopic (exact) mass is 612 g/mol. The van der Waals surface area contributed by atoms with Gasteiger partial charge in [-0.1, -0.05) is 54.1 Å². The van der Waals surface area contributed by atoms with Crippen molar-refractivity contribution in [2.75, 3.05) is 11.5 Å². The van der Waals surface area contributed by atoms with Gasteiger partial charge in [0.2, 0.25) is 0 Å². The molecule has 1 fully saturated rings. The lowest BCUT2D eigenvalue weighted by atomic mass is 10.1. The fourth-order valence-corrected chi connectivity index (χ4v) is 5.25. The zero-order valence-corrected chi connectivity index (χ0v) is 24.7. The van der Waals surface area contributed by atoms with Crippen molar-refractivity contribution in [3.63, 3.8) is 0 Å². The summed E-state index contributed by atoms with van der Waals surface area (Å²) in [6.45, 7) is 4.08. The summed E-state index contributed by atoms with van der Waals surface area (Å²) in [6, 6.07) is 25.5. The average Bonchev–Trinajstić information content (AvgIpc) is 3.01. The van der Waals surface area contributed by atoms with Gasteiger partial charge in [0.1, 0.15) is 22.8 Å². The van der Waals surface area contributed by atoms with Crippen molar-refractivity contribution < 1.29 is 36.5 Å². The van der Waals surface area contributed by atoms with Gasteiger partial charge in [-0.2, -0.15) is 8.42 Å². The second kappa shape index (κ2) is 12.8. The molecule has 0 unspecified atom stereocenters. The Labute approximate surface area is 254 Å².